The van der Waals surface area contributed by atoms with Crippen molar-refractivity contribution in [1.29, 1.82) is 0 Å². The molecule has 3 aromatic rings. The molecule has 0 unspecified atom stereocenters. The Morgan fingerprint density at radius 2 is 1.83 bits per heavy atom. The molecule has 0 bridgehead atoms. The predicted molar refractivity (Wildman–Crippen MR) is 107 cm³/mol. The van der Waals surface area contributed by atoms with Gasteiger partial charge in [-0.25, -0.2) is 12.7 Å². The second-order valence-corrected chi connectivity index (χ2v) is 8.64. The van der Waals surface area contributed by atoms with Crippen molar-refractivity contribution in [2.24, 2.45) is 0 Å². The minimum absolute atomic E-state index is 0.00458. The smallest absolute Gasteiger partial charge is 0.305 e. The van der Waals surface area contributed by atoms with Crippen LogP contribution in [0, 0.1) is 0 Å². The van der Waals surface area contributed by atoms with Gasteiger partial charge >= 0.3 is 5.97 Å². The lowest BCUT2D eigenvalue weighted by Crippen LogP contribution is -2.33. The van der Waals surface area contributed by atoms with Gasteiger partial charge in [0, 0.05) is 23.5 Å². The molecule has 0 spiro atoms. The summed E-state index contributed by atoms with van der Waals surface area (Å²) in [5.41, 5.74) is 2.35. The first-order valence-electron chi connectivity index (χ1n) is 9.35. The van der Waals surface area contributed by atoms with Crippen molar-refractivity contribution in [2.75, 3.05) is 13.2 Å². The Morgan fingerprint density at radius 1 is 1.07 bits per heavy atom. The Balaban J connectivity index is 1.26. The van der Waals surface area contributed by atoms with E-state index in [2.05, 4.69) is 4.98 Å². The molecule has 0 saturated carbocycles. The molecule has 1 aliphatic heterocycles. The van der Waals surface area contributed by atoms with Crippen molar-refractivity contribution in [2.45, 2.75) is 24.2 Å². The number of hydrogen-bond donors (Lipinski definition) is 1. The molecule has 0 radical (unpaired) electrons. The molecule has 1 amide bonds. The highest BCUT2D eigenvalue weighted by Crippen LogP contribution is 2.29. The number of ether oxygens (including phenoxy) is 1. The highest BCUT2D eigenvalue weighted by molar-refractivity contribution is 7.90. The van der Waals surface area contributed by atoms with Crippen LogP contribution in [0.2, 0.25) is 0 Å². The molecule has 0 fully saturated rings. The van der Waals surface area contributed by atoms with Crippen molar-refractivity contribution < 1.29 is 22.7 Å². The number of aromatic amines is 1. The highest BCUT2D eigenvalue weighted by atomic mass is 32.2. The van der Waals surface area contributed by atoms with Crippen LogP contribution in [0.15, 0.2) is 59.6 Å². The van der Waals surface area contributed by atoms with Gasteiger partial charge in [-0.3, -0.25) is 9.59 Å². The van der Waals surface area contributed by atoms with E-state index in [1.807, 2.05) is 30.5 Å². The van der Waals surface area contributed by atoms with Crippen molar-refractivity contribution in [3.05, 3.63) is 65.9 Å². The fourth-order valence-corrected chi connectivity index (χ4v) is 5.08. The van der Waals surface area contributed by atoms with Crippen LogP contribution in [0.3, 0.4) is 0 Å². The number of hydrogen-bond acceptors (Lipinski definition) is 5. The molecule has 0 atom stereocenters. The maximum absolute atomic E-state index is 12.4. The van der Waals surface area contributed by atoms with Crippen LogP contribution in [-0.4, -0.2) is 42.7 Å². The standard InChI is InChI=1S/C21H20N2O5S/c24-20(11-5-6-15-14-22-18-9-3-1-7-16(15)18)28-13-12-23-21(25)17-8-2-4-10-19(17)29(23,26)27/h1-4,7-10,14,22H,5-6,11-13H2. The SMILES string of the molecule is O=C(CCCc1c[nH]c2ccccc12)OCCN1C(=O)c2ccccc2S1(=O)=O. The van der Waals surface area contributed by atoms with Crippen LogP contribution in [0.4, 0.5) is 0 Å². The van der Waals surface area contributed by atoms with Crippen molar-refractivity contribution in [3.8, 4) is 0 Å². The summed E-state index contributed by atoms with van der Waals surface area (Å²) in [5, 5.41) is 1.14. The zero-order valence-electron chi connectivity index (χ0n) is 15.6. The topological polar surface area (TPSA) is 96.5 Å². The molecule has 0 saturated heterocycles. The summed E-state index contributed by atoms with van der Waals surface area (Å²) < 4.78 is 30.8. The summed E-state index contributed by atoms with van der Waals surface area (Å²) in [5.74, 6) is -0.998. The number of esters is 1. The molecule has 8 heteroatoms. The number of nitrogens with zero attached hydrogens (tertiary/aromatic N) is 1. The third-order valence-electron chi connectivity index (χ3n) is 4.97. The Labute approximate surface area is 168 Å². The maximum Gasteiger partial charge on any atom is 0.305 e. The minimum atomic E-state index is -3.87. The lowest BCUT2D eigenvalue weighted by Gasteiger charge is -2.15. The number of H-pyrrole nitrogens is 1. The van der Waals surface area contributed by atoms with E-state index in [-0.39, 0.29) is 30.0 Å². The Hall–Kier alpha value is -3.13. The van der Waals surface area contributed by atoms with Gasteiger partial charge in [-0.05, 0) is 36.6 Å². The molecule has 150 valence electrons. The van der Waals surface area contributed by atoms with Crippen LogP contribution in [0.25, 0.3) is 10.9 Å². The number of aryl methyl sites for hydroxylation is 1. The number of carbonyl (C=O) groups is 2. The summed E-state index contributed by atoms with van der Waals surface area (Å²) in [6, 6.07) is 14.0. The maximum atomic E-state index is 12.4. The molecule has 2 heterocycles. The second kappa shape index (κ2) is 7.71. The number of carbonyl (C=O) groups excluding carboxylic acids is 2. The van der Waals surface area contributed by atoms with Crippen LogP contribution in [0.5, 0.6) is 0 Å². The van der Waals surface area contributed by atoms with Crippen LogP contribution in [0.1, 0.15) is 28.8 Å². The van der Waals surface area contributed by atoms with Gasteiger partial charge in [-0.2, -0.15) is 0 Å². The van der Waals surface area contributed by atoms with Crippen LogP contribution >= 0.6 is 0 Å². The fourth-order valence-electron chi connectivity index (χ4n) is 3.53. The van der Waals surface area contributed by atoms with Gasteiger partial charge in [-0.1, -0.05) is 30.3 Å². The number of rotatable bonds is 7. The number of fused-ring (bicyclic) bond motifs is 2. The van der Waals surface area contributed by atoms with Crippen molar-refractivity contribution >= 4 is 32.8 Å². The van der Waals surface area contributed by atoms with E-state index >= 15 is 0 Å². The van der Waals surface area contributed by atoms with Crippen molar-refractivity contribution in [1.82, 2.24) is 9.29 Å². The van der Waals surface area contributed by atoms with Gasteiger partial charge in [0.15, 0.2) is 0 Å². The van der Waals surface area contributed by atoms with E-state index in [1.165, 1.54) is 12.1 Å². The van der Waals surface area contributed by atoms with Gasteiger partial charge in [0.05, 0.1) is 12.1 Å². The molecule has 1 N–H and O–H groups in total. The van der Waals surface area contributed by atoms with Gasteiger partial charge in [0.1, 0.15) is 11.5 Å². The van der Waals surface area contributed by atoms with E-state index in [0.717, 1.165) is 27.2 Å². The lowest BCUT2D eigenvalue weighted by atomic mass is 10.1. The number of para-hydroxylation sites is 1. The van der Waals surface area contributed by atoms with Gasteiger partial charge in [0.25, 0.3) is 15.9 Å². The monoisotopic (exact) mass is 412 g/mol. The molecule has 7 nitrogen and oxygen atoms in total. The van der Waals surface area contributed by atoms with Gasteiger partial charge < -0.3 is 9.72 Å². The number of sulfonamides is 1. The summed E-state index contributed by atoms with van der Waals surface area (Å²) in [4.78, 5) is 27.5. The lowest BCUT2D eigenvalue weighted by molar-refractivity contribution is -0.143. The minimum Gasteiger partial charge on any atom is -0.464 e. The van der Waals surface area contributed by atoms with Crippen LogP contribution < -0.4 is 0 Å². The summed E-state index contributed by atoms with van der Waals surface area (Å²) in [6.07, 6.45) is 3.51. The number of amides is 1. The summed E-state index contributed by atoms with van der Waals surface area (Å²) in [7, 11) is -3.87. The quantitative estimate of drug-likeness (QED) is 0.602. The molecule has 0 aliphatic carbocycles. The number of nitrogens with one attached hydrogen (secondary N) is 1. The zero-order chi connectivity index (χ0) is 20.4. The second-order valence-electron chi connectivity index (χ2n) is 6.81. The average Bonchev–Trinajstić information content (AvgIpc) is 3.21. The third kappa shape index (κ3) is 3.63. The fraction of sp³-hybridized carbons (Fsp3) is 0.238. The predicted octanol–water partition coefficient (Wildman–Crippen LogP) is 2.88. The molecule has 1 aliphatic rings. The third-order valence-corrected chi connectivity index (χ3v) is 6.81. The zero-order valence-corrected chi connectivity index (χ0v) is 16.4. The van der Waals surface area contributed by atoms with E-state index in [9.17, 15) is 18.0 Å². The summed E-state index contributed by atoms with van der Waals surface area (Å²) >= 11 is 0. The van der Waals surface area contributed by atoms with Crippen molar-refractivity contribution in [3.63, 3.8) is 0 Å². The molecule has 1 aromatic heterocycles. The van der Waals surface area contributed by atoms with Gasteiger partial charge in [0.2, 0.25) is 0 Å². The molecular weight excluding hydrogens is 392 g/mol. The number of aromatic nitrogens is 1. The normalized spacial score (nSPS) is 14.9. The van der Waals surface area contributed by atoms with Crippen LogP contribution in [-0.2, 0) is 26.0 Å². The first-order chi connectivity index (χ1) is 14.0. The molecule has 2 aromatic carbocycles. The largest absolute Gasteiger partial charge is 0.464 e. The molecule has 29 heavy (non-hydrogen) atoms. The van der Waals surface area contributed by atoms with E-state index < -0.39 is 21.9 Å². The van der Waals surface area contributed by atoms with E-state index in [0.29, 0.717) is 6.42 Å². The average molecular weight is 412 g/mol. The number of benzene rings is 2. The highest BCUT2D eigenvalue weighted by Gasteiger charge is 2.40. The Bertz CT molecular complexity index is 1180. The Kier molecular flexibility index (Phi) is 5.10. The first kappa shape index (κ1) is 19.2. The van der Waals surface area contributed by atoms with E-state index in [4.69, 9.17) is 4.74 Å². The summed E-state index contributed by atoms with van der Waals surface area (Å²) in [6.45, 7) is -0.352. The Morgan fingerprint density at radius 3 is 2.66 bits per heavy atom. The first-order valence-corrected chi connectivity index (χ1v) is 10.8. The van der Waals surface area contributed by atoms with Gasteiger partial charge in [-0.15, -0.1) is 0 Å². The molecule has 4 rings (SSSR count). The van der Waals surface area contributed by atoms with E-state index in [1.54, 1.807) is 12.1 Å². The molecular formula is C21H20N2O5S.